The molecule has 0 bridgehead atoms. The lowest BCUT2D eigenvalue weighted by Gasteiger charge is -2.46. The van der Waals surface area contributed by atoms with E-state index in [0.717, 1.165) is 68.7 Å². The topological polar surface area (TPSA) is 83.1 Å². The van der Waals surface area contributed by atoms with Gasteiger partial charge in [0.2, 0.25) is 0 Å². The average Bonchev–Trinajstić information content (AvgIpc) is 3.25. The molecule has 5 rings (SSSR count). The summed E-state index contributed by atoms with van der Waals surface area (Å²) in [6.07, 6.45) is 5.82. The van der Waals surface area contributed by atoms with Crippen molar-refractivity contribution in [3.63, 3.8) is 0 Å². The van der Waals surface area contributed by atoms with Gasteiger partial charge in [-0.3, -0.25) is 0 Å². The zero-order chi connectivity index (χ0) is 23.1. The zero-order valence-corrected chi connectivity index (χ0v) is 18.1. The first kappa shape index (κ1) is 21.9. The van der Waals surface area contributed by atoms with Gasteiger partial charge in [-0.05, 0) is 49.8 Å². The molecule has 7 nitrogen and oxygen atoms in total. The lowest BCUT2D eigenvalue weighted by molar-refractivity contribution is -0.137. The van der Waals surface area contributed by atoms with Crippen molar-refractivity contribution in [2.75, 3.05) is 26.2 Å². The van der Waals surface area contributed by atoms with Crippen molar-refractivity contribution >= 4 is 23.0 Å². The minimum atomic E-state index is -4.44. The van der Waals surface area contributed by atoms with E-state index in [4.69, 9.17) is 4.74 Å². The van der Waals surface area contributed by atoms with Crippen molar-refractivity contribution < 1.29 is 22.7 Å². The summed E-state index contributed by atoms with van der Waals surface area (Å²) < 4.78 is 45.0. The molecular formula is C23H26F3N5O2. The molecule has 1 unspecified atom stereocenters. The maximum Gasteiger partial charge on any atom is 0.417 e. The van der Waals surface area contributed by atoms with Crippen molar-refractivity contribution in [2.24, 2.45) is 5.92 Å². The summed E-state index contributed by atoms with van der Waals surface area (Å²) in [5.41, 5.74) is 0.517. The van der Waals surface area contributed by atoms with Crippen LogP contribution in [0.1, 0.15) is 43.5 Å². The Balaban J connectivity index is 1.23. The SMILES string of the molecule is O=CCC1CCC2(CCN(C3=CC=C(c4nc5ncc(C(F)(F)F)cc5[nH]4)CN3)CC2)OC1. The average molecular weight is 461 g/mol. The molecule has 3 aliphatic rings. The molecule has 2 saturated heterocycles. The number of likely N-dealkylation sites (tertiary alicyclic amines) is 1. The lowest BCUT2D eigenvalue weighted by atomic mass is 9.81. The summed E-state index contributed by atoms with van der Waals surface area (Å²) in [7, 11) is 0. The van der Waals surface area contributed by atoms with Crippen LogP contribution in [0.15, 0.2) is 30.2 Å². The van der Waals surface area contributed by atoms with Crippen LogP contribution in [0, 0.1) is 5.92 Å². The van der Waals surface area contributed by atoms with E-state index in [0.29, 0.717) is 31.3 Å². The number of allylic oxidation sites excluding steroid dienone is 2. The number of fused-ring (bicyclic) bond motifs is 1. The molecule has 33 heavy (non-hydrogen) atoms. The molecule has 0 aliphatic carbocycles. The summed E-state index contributed by atoms with van der Waals surface area (Å²) >= 11 is 0. The van der Waals surface area contributed by atoms with Crippen LogP contribution in [0.25, 0.3) is 16.7 Å². The highest BCUT2D eigenvalue weighted by Crippen LogP contribution is 2.38. The smallest absolute Gasteiger partial charge is 0.375 e. The number of dihydropyridines is 1. The van der Waals surface area contributed by atoms with E-state index in [1.165, 1.54) is 0 Å². The highest BCUT2D eigenvalue weighted by molar-refractivity contribution is 5.77. The highest BCUT2D eigenvalue weighted by Gasteiger charge is 2.39. The normalized spacial score (nSPS) is 23.2. The van der Waals surface area contributed by atoms with Gasteiger partial charge >= 0.3 is 6.18 Å². The molecule has 2 fully saturated rings. The fourth-order valence-corrected chi connectivity index (χ4v) is 4.86. The number of carbonyl (C=O) groups is 1. The molecule has 10 heteroatoms. The number of aldehydes is 1. The summed E-state index contributed by atoms with van der Waals surface area (Å²) in [6.45, 7) is 2.95. The second kappa shape index (κ2) is 8.48. The third-order valence-corrected chi connectivity index (χ3v) is 6.95. The number of halogens is 3. The van der Waals surface area contributed by atoms with Crippen molar-refractivity contribution in [1.82, 2.24) is 25.2 Å². The fraction of sp³-hybridized carbons (Fsp3) is 0.522. The number of carbonyl (C=O) groups excluding carboxylic acids is 1. The number of hydrogen-bond acceptors (Lipinski definition) is 6. The Morgan fingerprint density at radius 2 is 2.06 bits per heavy atom. The Labute approximate surface area is 189 Å². The standard InChI is InChI=1S/C23H26F3N5O2/c24-23(25,26)17-11-18-21(28-13-17)30-20(29-18)16-1-2-19(27-12-16)31-8-6-22(7-9-31)5-3-15(4-10-32)14-33-22/h1-2,10-11,13,15,27H,3-9,12,14H2,(H,28,29,30). The molecule has 176 valence electrons. The first-order valence-corrected chi connectivity index (χ1v) is 11.3. The second-order valence-corrected chi connectivity index (χ2v) is 9.06. The van der Waals surface area contributed by atoms with Crippen LogP contribution in [0.5, 0.6) is 0 Å². The van der Waals surface area contributed by atoms with Crippen molar-refractivity contribution in [2.45, 2.75) is 43.9 Å². The molecule has 2 aromatic rings. The number of piperidine rings is 1. The summed E-state index contributed by atoms with van der Waals surface area (Å²) in [5, 5.41) is 3.41. The Morgan fingerprint density at radius 3 is 2.70 bits per heavy atom. The van der Waals surface area contributed by atoms with Gasteiger partial charge in [-0.2, -0.15) is 13.2 Å². The van der Waals surface area contributed by atoms with Crippen LogP contribution in [-0.4, -0.2) is 58.0 Å². The van der Waals surface area contributed by atoms with Gasteiger partial charge in [0.15, 0.2) is 5.65 Å². The Morgan fingerprint density at radius 1 is 1.24 bits per heavy atom. The zero-order valence-electron chi connectivity index (χ0n) is 18.1. The minimum Gasteiger partial charge on any atom is -0.375 e. The Hall–Kier alpha value is -2.88. The number of aromatic amines is 1. The predicted molar refractivity (Wildman–Crippen MR) is 116 cm³/mol. The molecular weight excluding hydrogens is 435 g/mol. The van der Waals surface area contributed by atoms with Crippen molar-refractivity contribution in [3.05, 3.63) is 41.6 Å². The van der Waals surface area contributed by atoms with Gasteiger partial charge in [-0.25, -0.2) is 9.97 Å². The van der Waals surface area contributed by atoms with Crippen LogP contribution in [0.2, 0.25) is 0 Å². The van der Waals surface area contributed by atoms with Crippen LogP contribution in [0.4, 0.5) is 13.2 Å². The summed E-state index contributed by atoms with van der Waals surface area (Å²) in [6, 6.07) is 1.04. The number of imidazole rings is 1. The maximum atomic E-state index is 12.9. The van der Waals surface area contributed by atoms with Gasteiger partial charge in [0.1, 0.15) is 17.9 Å². The fourth-order valence-electron chi connectivity index (χ4n) is 4.86. The number of hydrogen-bond donors (Lipinski definition) is 2. The quantitative estimate of drug-likeness (QED) is 0.677. The van der Waals surface area contributed by atoms with Gasteiger partial charge in [-0.1, -0.05) is 0 Å². The largest absolute Gasteiger partial charge is 0.417 e. The molecule has 2 N–H and O–H groups in total. The van der Waals surface area contributed by atoms with Crippen molar-refractivity contribution in [3.8, 4) is 0 Å². The second-order valence-electron chi connectivity index (χ2n) is 9.06. The van der Waals surface area contributed by atoms with Crippen LogP contribution < -0.4 is 5.32 Å². The van der Waals surface area contributed by atoms with Gasteiger partial charge < -0.3 is 24.7 Å². The summed E-state index contributed by atoms with van der Waals surface area (Å²) in [4.78, 5) is 24.2. The molecule has 1 spiro atoms. The number of rotatable bonds is 4. The van der Waals surface area contributed by atoms with Gasteiger partial charge in [0, 0.05) is 37.8 Å². The van der Waals surface area contributed by atoms with Gasteiger partial charge in [-0.15, -0.1) is 0 Å². The van der Waals surface area contributed by atoms with Crippen LogP contribution in [0.3, 0.4) is 0 Å². The predicted octanol–water partition coefficient (Wildman–Crippen LogP) is 3.65. The first-order chi connectivity index (χ1) is 15.9. The molecule has 3 aliphatic heterocycles. The number of aromatic nitrogens is 3. The number of ether oxygens (including phenoxy) is 1. The maximum absolute atomic E-state index is 12.9. The Kier molecular flexibility index (Phi) is 5.64. The highest BCUT2D eigenvalue weighted by atomic mass is 19.4. The summed E-state index contributed by atoms with van der Waals surface area (Å²) in [5.74, 6) is 1.89. The van der Waals surface area contributed by atoms with E-state index in [9.17, 15) is 18.0 Å². The van der Waals surface area contributed by atoms with Gasteiger partial charge in [0.05, 0.1) is 23.3 Å². The monoisotopic (exact) mass is 461 g/mol. The van der Waals surface area contributed by atoms with E-state index in [1.807, 2.05) is 12.2 Å². The van der Waals surface area contributed by atoms with Gasteiger partial charge in [0.25, 0.3) is 0 Å². The Bertz CT molecular complexity index is 1090. The molecule has 0 amide bonds. The minimum absolute atomic E-state index is 0.0668. The number of nitrogens with zero attached hydrogens (tertiary/aromatic N) is 3. The molecule has 0 aromatic carbocycles. The van der Waals surface area contributed by atoms with E-state index >= 15 is 0 Å². The molecule has 1 atom stereocenters. The van der Waals surface area contributed by atoms with Crippen molar-refractivity contribution in [1.29, 1.82) is 0 Å². The van der Waals surface area contributed by atoms with E-state index in [1.54, 1.807) is 0 Å². The third-order valence-electron chi connectivity index (χ3n) is 6.95. The lowest BCUT2D eigenvalue weighted by Crippen LogP contribution is -2.50. The van der Waals surface area contributed by atoms with E-state index in [2.05, 4.69) is 25.2 Å². The third kappa shape index (κ3) is 4.48. The molecule has 2 aromatic heterocycles. The number of H-pyrrole nitrogens is 1. The van der Waals surface area contributed by atoms with E-state index in [-0.39, 0.29) is 16.8 Å². The first-order valence-electron chi connectivity index (χ1n) is 11.3. The number of nitrogens with one attached hydrogen (secondary N) is 2. The molecule has 0 radical (unpaired) electrons. The van der Waals surface area contributed by atoms with Crippen LogP contribution >= 0.6 is 0 Å². The van der Waals surface area contributed by atoms with Crippen LogP contribution in [-0.2, 0) is 15.7 Å². The molecule has 0 saturated carbocycles. The molecule has 5 heterocycles. The number of alkyl halides is 3. The number of pyridine rings is 1. The van der Waals surface area contributed by atoms with E-state index < -0.39 is 11.7 Å².